The molecule has 28 heavy (non-hydrogen) atoms. The fraction of sp³-hybridized carbons (Fsp3) is 0.0952. The van der Waals surface area contributed by atoms with Crippen LogP contribution < -0.4 is 14.8 Å². The molecule has 3 aromatic rings. The van der Waals surface area contributed by atoms with E-state index in [9.17, 15) is 9.59 Å². The molecule has 7 heteroatoms. The lowest BCUT2D eigenvalue weighted by Crippen LogP contribution is -2.58. The molecule has 0 fully saturated rings. The van der Waals surface area contributed by atoms with Crippen molar-refractivity contribution in [3.63, 3.8) is 0 Å². The highest BCUT2D eigenvalue weighted by Gasteiger charge is 2.43. The summed E-state index contributed by atoms with van der Waals surface area (Å²) in [6.45, 7) is 0.178. The first-order valence-corrected chi connectivity index (χ1v) is 9.82. The Hall–Kier alpha value is -2.70. The van der Waals surface area contributed by atoms with E-state index in [0.717, 1.165) is 10.2 Å². The lowest BCUT2D eigenvalue weighted by Gasteiger charge is -2.32. The maximum Gasteiger partial charge on any atom is 0.294 e. The molecule has 0 saturated heterocycles. The predicted molar refractivity (Wildman–Crippen MR) is 111 cm³/mol. The Kier molecular flexibility index (Phi) is 5.15. The fourth-order valence-electron chi connectivity index (χ4n) is 3.27. The van der Waals surface area contributed by atoms with Gasteiger partial charge in [0.25, 0.3) is 11.8 Å². The van der Waals surface area contributed by atoms with E-state index in [-0.39, 0.29) is 18.4 Å². The largest absolute Gasteiger partial charge is 0.324 e. The third-order valence-electron chi connectivity index (χ3n) is 4.55. The number of benzene rings is 2. The number of rotatable bonds is 3. The van der Waals surface area contributed by atoms with Crippen LogP contribution in [0.1, 0.15) is 11.7 Å². The minimum Gasteiger partial charge on any atom is -0.324 e. The highest BCUT2D eigenvalue weighted by atomic mass is 79.9. The number of anilines is 2. The quantitative estimate of drug-likeness (QED) is 0.602. The van der Waals surface area contributed by atoms with E-state index in [0.29, 0.717) is 16.4 Å². The van der Waals surface area contributed by atoms with Crippen molar-refractivity contribution < 1.29 is 14.2 Å². The van der Waals surface area contributed by atoms with Crippen LogP contribution in [0.4, 0.5) is 11.4 Å². The lowest BCUT2D eigenvalue weighted by atomic mass is 10.0. The van der Waals surface area contributed by atoms with Gasteiger partial charge in [-0.2, -0.15) is 4.57 Å². The lowest BCUT2D eigenvalue weighted by molar-refractivity contribution is -0.695. The minimum absolute atomic E-state index is 0.151. The molecule has 0 radical (unpaired) electrons. The van der Waals surface area contributed by atoms with Gasteiger partial charge in [-0.05, 0) is 48.5 Å². The van der Waals surface area contributed by atoms with Gasteiger partial charge < -0.3 is 5.32 Å². The SMILES string of the molecule is O=C(Nc1ccc(Cl)cc1)C1c2cccc[n+]2CC(=O)N1c1ccc(Br)cc1. The number of halogens is 2. The van der Waals surface area contributed by atoms with Crippen molar-refractivity contribution in [2.24, 2.45) is 0 Å². The monoisotopic (exact) mass is 456 g/mol. The van der Waals surface area contributed by atoms with E-state index in [1.165, 1.54) is 0 Å². The molecule has 0 aliphatic carbocycles. The predicted octanol–water partition coefficient (Wildman–Crippen LogP) is 4.12. The molecule has 140 valence electrons. The standard InChI is InChI=1S/C21H15BrClN3O2/c22-14-4-10-17(11-5-14)26-19(27)13-25-12-2-1-3-18(25)20(26)21(28)24-16-8-6-15(23)7-9-16/h1-12,20H,13H2/p+1. The highest BCUT2D eigenvalue weighted by Crippen LogP contribution is 2.31. The number of amides is 2. The average Bonchev–Trinajstić information content (AvgIpc) is 2.69. The molecule has 0 spiro atoms. The van der Waals surface area contributed by atoms with E-state index < -0.39 is 6.04 Å². The van der Waals surface area contributed by atoms with Gasteiger partial charge in [-0.15, -0.1) is 0 Å². The van der Waals surface area contributed by atoms with E-state index in [2.05, 4.69) is 21.2 Å². The highest BCUT2D eigenvalue weighted by molar-refractivity contribution is 9.10. The van der Waals surface area contributed by atoms with Crippen molar-refractivity contribution in [3.8, 4) is 0 Å². The topological polar surface area (TPSA) is 53.3 Å². The number of hydrogen-bond donors (Lipinski definition) is 1. The van der Waals surface area contributed by atoms with Gasteiger partial charge in [-0.3, -0.25) is 14.5 Å². The van der Waals surface area contributed by atoms with Crippen LogP contribution in [0.15, 0.2) is 77.4 Å². The molecule has 0 bridgehead atoms. The van der Waals surface area contributed by atoms with Crippen molar-refractivity contribution in [3.05, 3.63) is 88.1 Å². The van der Waals surface area contributed by atoms with Gasteiger partial charge >= 0.3 is 0 Å². The maximum absolute atomic E-state index is 13.3. The van der Waals surface area contributed by atoms with E-state index in [1.54, 1.807) is 29.2 Å². The molecule has 1 aliphatic heterocycles. The molecule has 2 amide bonds. The molecule has 4 rings (SSSR count). The van der Waals surface area contributed by atoms with Crippen molar-refractivity contribution in [1.82, 2.24) is 0 Å². The minimum atomic E-state index is -0.792. The first-order valence-electron chi connectivity index (χ1n) is 8.65. The van der Waals surface area contributed by atoms with E-state index in [4.69, 9.17) is 11.6 Å². The molecule has 0 saturated carbocycles. The molecule has 1 aromatic heterocycles. The smallest absolute Gasteiger partial charge is 0.294 e. The number of fused-ring (bicyclic) bond motifs is 1. The number of carbonyl (C=O) groups excluding carboxylic acids is 2. The third kappa shape index (κ3) is 3.66. The van der Waals surface area contributed by atoms with Gasteiger partial charge in [0.05, 0.1) is 0 Å². The number of nitrogens with zero attached hydrogens (tertiary/aromatic N) is 2. The summed E-state index contributed by atoms with van der Waals surface area (Å²) >= 11 is 9.33. The Labute approximate surface area is 175 Å². The van der Waals surface area contributed by atoms with Gasteiger partial charge in [0.2, 0.25) is 18.3 Å². The van der Waals surface area contributed by atoms with Crippen LogP contribution in [-0.2, 0) is 16.1 Å². The van der Waals surface area contributed by atoms with E-state index in [1.807, 2.05) is 53.2 Å². The molecular weight excluding hydrogens is 442 g/mol. The average molecular weight is 458 g/mol. The second-order valence-corrected chi connectivity index (χ2v) is 7.74. The van der Waals surface area contributed by atoms with Crippen molar-refractivity contribution in [2.75, 3.05) is 10.2 Å². The van der Waals surface area contributed by atoms with Gasteiger partial charge in [0, 0.05) is 33.0 Å². The summed E-state index contributed by atoms with van der Waals surface area (Å²) in [6, 6.07) is 19.0. The Bertz CT molecular complexity index is 1040. The number of pyridine rings is 1. The van der Waals surface area contributed by atoms with Crippen LogP contribution in [0.3, 0.4) is 0 Å². The second-order valence-electron chi connectivity index (χ2n) is 6.39. The summed E-state index contributed by atoms with van der Waals surface area (Å²) in [7, 11) is 0. The van der Waals surface area contributed by atoms with Gasteiger partial charge in [-0.25, -0.2) is 0 Å². The van der Waals surface area contributed by atoms with Crippen LogP contribution in [-0.4, -0.2) is 11.8 Å². The third-order valence-corrected chi connectivity index (χ3v) is 5.33. The van der Waals surface area contributed by atoms with Crippen LogP contribution in [0.5, 0.6) is 0 Å². The summed E-state index contributed by atoms with van der Waals surface area (Å²) in [5.74, 6) is -0.444. The normalized spacial score (nSPS) is 15.9. The number of hydrogen-bond acceptors (Lipinski definition) is 2. The summed E-state index contributed by atoms with van der Waals surface area (Å²) in [6.07, 6.45) is 1.81. The number of aromatic nitrogens is 1. The molecular formula is C21H16BrClN3O2+. The zero-order chi connectivity index (χ0) is 19.7. The molecule has 2 heterocycles. The first kappa shape index (κ1) is 18.7. The number of nitrogens with one attached hydrogen (secondary N) is 1. The van der Waals surface area contributed by atoms with Crippen LogP contribution in [0.2, 0.25) is 5.02 Å². The van der Waals surface area contributed by atoms with Gasteiger partial charge in [-0.1, -0.05) is 33.6 Å². The van der Waals surface area contributed by atoms with Crippen LogP contribution >= 0.6 is 27.5 Å². The van der Waals surface area contributed by atoms with E-state index >= 15 is 0 Å². The van der Waals surface area contributed by atoms with Crippen LogP contribution in [0.25, 0.3) is 0 Å². The summed E-state index contributed by atoms with van der Waals surface area (Å²) < 4.78 is 2.71. The van der Waals surface area contributed by atoms with Crippen molar-refractivity contribution in [2.45, 2.75) is 12.6 Å². The zero-order valence-corrected chi connectivity index (χ0v) is 17.0. The molecule has 1 N–H and O–H groups in total. The molecule has 1 aliphatic rings. The number of carbonyl (C=O) groups is 2. The molecule has 2 aromatic carbocycles. The summed E-state index contributed by atoms with van der Waals surface area (Å²) in [5.41, 5.74) is 2.03. The Morgan fingerprint density at radius 3 is 2.50 bits per heavy atom. The van der Waals surface area contributed by atoms with Crippen LogP contribution in [0, 0.1) is 0 Å². The summed E-state index contributed by atoms with van der Waals surface area (Å²) in [4.78, 5) is 27.7. The fourth-order valence-corrected chi connectivity index (χ4v) is 3.66. The van der Waals surface area contributed by atoms with Gasteiger partial charge in [0.1, 0.15) is 0 Å². The van der Waals surface area contributed by atoms with Crippen molar-refractivity contribution >= 4 is 50.7 Å². The van der Waals surface area contributed by atoms with Crippen molar-refractivity contribution in [1.29, 1.82) is 0 Å². The first-order chi connectivity index (χ1) is 13.5. The molecule has 1 unspecified atom stereocenters. The molecule has 1 atom stereocenters. The molecule has 5 nitrogen and oxygen atoms in total. The van der Waals surface area contributed by atoms with Gasteiger partial charge in [0.15, 0.2) is 6.20 Å². The Morgan fingerprint density at radius 2 is 1.79 bits per heavy atom. The Morgan fingerprint density at radius 1 is 1.07 bits per heavy atom. The Balaban J connectivity index is 1.75. The maximum atomic E-state index is 13.3. The second kappa shape index (κ2) is 7.73. The zero-order valence-electron chi connectivity index (χ0n) is 14.7. The summed E-state index contributed by atoms with van der Waals surface area (Å²) in [5, 5.41) is 3.48.